The number of hydrogen-bond donors (Lipinski definition) is 1. The third-order valence-electron chi connectivity index (χ3n) is 3.00. The lowest BCUT2D eigenvalue weighted by Gasteiger charge is -2.18. The highest BCUT2D eigenvalue weighted by Crippen LogP contribution is 2.24. The van der Waals surface area contributed by atoms with E-state index >= 15 is 0 Å². The molecule has 19 heavy (non-hydrogen) atoms. The summed E-state index contributed by atoms with van der Waals surface area (Å²) in [6.07, 6.45) is -0.290. The summed E-state index contributed by atoms with van der Waals surface area (Å²) < 4.78 is 37.5. The van der Waals surface area contributed by atoms with Gasteiger partial charge in [-0.3, -0.25) is 4.90 Å². The first-order valence-electron chi connectivity index (χ1n) is 5.92. The molecule has 0 amide bonds. The standard InChI is InChI=1S/C11H14BrF3N4/c12-9-4-16-7-18-10(9)17-3-8-1-2-19(5-8)6-11(13,14)15/h4,7-8H,1-3,5-6H2,(H,16,17,18). The molecule has 0 aliphatic carbocycles. The van der Waals surface area contributed by atoms with Crippen molar-refractivity contribution in [2.75, 3.05) is 31.5 Å². The summed E-state index contributed by atoms with van der Waals surface area (Å²) in [5.74, 6) is 0.883. The maximum absolute atomic E-state index is 12.3. The summed E-state index contributed by atoms with van der Waals surface area (Å²) in [6, 6.07) is 0. The van der Waals surface area contributed by atoms with E-state index in [2.05, 4.69) is 31.2 Å². The van der Waals surface area contributed by atoms with Crippen molar-refractivity contribution < 1.29 is 13.2 Å². The van der Waals surface area contributed by atoms with Crippen LogP contribution in [0.15, 0.2) is 17.0 Å². The average molecular weight is 339 g/mol. The Labute approximate surface area is 117 Å². The molecule has 2 rings (SSSR count). The molecule has 1 aliphatic heterocycles. The van der Waals surface area contributed by atoms with E-state index in [9.17, 15) is 13.2 Å². The van der Waals surface area contributed by atoms with Crippen LogP contribution in [0, 0.1) is 5.92 Å². The van der Waals surface area contributed by atoms with E-state index in [1.165, 1.54) is 11.2 Å². The minimum absolute atomic E-state index is 0.212. The van der Waals surface area contributed by atoms with Crippen LogP contribution in [0.4, 0.5) is 19.0 Å². The fourth-order valence-electron chi connectivity index (χ4n) is 2.16. The van der Waals surface area contributed by atoms with Crippen molar-refractivity contribution in [3.8, 4) is 0 Å². The van der Waals surface area contributed by atoms with Gasteiger partial charge in [0.25, 0.3) is 0 Å². The topological polar surface area (TPSA) is 41.0 Å². The summed E-state index contributed by atoms with van der Waals surface area (Å²) in [5, 5.41) is 3.13. The number of aromatic nitrogens is 2. The third kappa shape index (κ3) is 4.61. The van der Waals surface area contributed by atoms with Gasteiger partial charge < -0.3 is 5.32 Å². The molecule has 106 valence electrons. The van der Waals surface area contributed by atoms with Crippen LogP contribution in [-0.2, 0) is 0 Å². The highest BCUT2D eigenvalue weighted by molar-refractivity contribution is 9.10. The van der Waals surface area contributed by atoms with Crippen LogP contribution in [0.2, 0.25) is 0 Å². The predicted octanol–water partition coefficient (Wildman–Crippen LogP) is 2.54. The molecule has 1 aromatic rings. The van der Waals surface area contributed by atoms with Gasteiger partial charge in [0.05, 0.1) is 11.0 Å². The van der Waals surface area contributed by atoms with Gasteiger partial charge in [-0.15, -0.1) is 0 Å². The molecule has 4 nitrogen and oxygen atoms in total. The molecule has 0 radical (unpaired) electrons. The molecule has 1 saturated heterocycles. The smallest absolute Gasteiger partial charge is 0.369 e. The van der Waals surface area contributed by atoms with Crippen molar-refractivity contribution in [2.45, 2.75) is 12.6 Å². The van der Waals surface area contributed by atoms with Crippen LogP contribution in [-0.4, -0.2) is 47.2 Å². The zero-order valence-electron chi connectivity index (χ0n) is 10.1. The molecule has 1 atom stereocenters. The van der Waals surface area contributed by atoms with Crippen LogP contribution in [0.1, 0.15) is 6.42 Å². The fraction of sp³-hybridized carbons (Fsp3) is 0.636. The Morgan fingerprint density at radius 3 is 2.95 bits per heavy atom. The fourth-order valence-corrected chi connectivity index (χ4v) is 2.52. The van der Waals surface area contributed by atoms with Gasteiger partial charge in [0.1, 0.15) is 12.1 Å². The molecule has 1 N–H and O–H groups in total. The van der Waals surface area contributed by atoms with E-state index in [-0.39, 0.29) is 5.92 Å². The number of likely N-dealkylation sites (tertiary alicyclic amines) is 1. The SMILES string of the molecule is FC(F)(F)CN1CCC(CNc2ncncc2Br)C1. The van der Waals surface area contributed by atoms with Crippen molar-refractivity contribution in [2.24, 2.45) is 5.92 Å². The van der Waals surface area contributed by atoms with E-state index in [4.69, 9.17) is 0 Å². The average Bonchev–Trinajstić information content (AvgIpc) is 2.73. The van der Waals surface area contributed by atoms with E-state index in [1.54, 1.807) is 6.20 Å². The third-order valence-corrected chi connectivity index (χ3v) is 3.58. The molecular formula is C11H14BrF3N4. The summed E-state index contributed by atoms with van der Waals surface area (Å²) in [4.78, 5) is 9.35. The predicted molar refractivity (Wildman–Crippen MR) is 68.8 cm³/mol. The van der Waals surface area contributed by atoms with Crippen LogP contribution in [0.25, 0.3) is 0 Å². The molecule has 0 bridgehead atoms. The summed E-state index contributed by atoms with van der Waals surface area (Å²) >= 11 is 3.31. The van der Waals surface area contributed by atoms with E-state index in [1.807, 2.05) is 0 Å². The molecule has 1 fully saturated rings. The maximum atomic E-state index is 12.3. The molecule has 8 heteroatoms. The largest absolute Gasteiger partial charge is 0.401 e. The first-order chi connectivity index (χ1) is 8.94. The van der Waals surface area contributed by atoms with Gasteiger partial charge in [-0.05, 0) is 34.8 Å². The molecule has 1 unspecified atom stereocenters. The van der Waals surface area contributed by atoms with Crippen LogP contribution >= 0.6 is 15.9 Å². The highest BCUT2D eigenvalue weighted by Gasteiger charge is 2.34. The molecule has 0 aromatic carbocycles. The number of alkyl halides is 3. The molecule has 1 aromatic heterocycles. The normalized spacial score (nSPS) is 20.7. The maximum Gasteiger partial charge on any atom is 0.401 e. The van der Waals surface area contributed by atoms with Gasteiger partial charge >= 0.3 is 6.18 Å². The van der Waals surface area contributed by atoms with Crippen molar-refractivity contribution in [1.29, 1.82) is 0 Å². The first kappa shape index (κ1) is 14.5. The summed E-state index contributed by atoms with van der Waals surface area (Å²) in [7, 11) is 0. The Morgan fingerprint density at radius 2 is 2.26 bits per heavy atom. The molecule has 2 heterocycles. The molecule has 1 aliphatic rings. The zero-order chi connectivity index (χ0) is 13.9. The highest BCUT2D eigenvalue weighted by atomic mass is 79.9. The summed E-state index contributed by atoms with van der Waals surface area (Å²) in [6.45, 7) is 0.761. The van der Waals surface area contributed by atoms with Gasteiger partial charge in [0, 0.05) is 19.3 Å². The van der Waals surface area contributed by atoms with Gasteiger partial charge in [-0.2, -0.15) is 13.2 Å². The Hall–Kier alpha value is -0.890. The lowest BCUT2D eigenvalue weighted by Crippen LogP contribution is -2.33. The Morgan fingerprint density at radius 1 is 1.47 bits per heavy atom. The number of rotatable bonds is 4. The van der Waals surface area contributed by atoms with Gasteiger partial charge in [-0.25, -0.2) is 9.97 Å². The Kier molecular flexibility index (Phi) is 4.62. The van der Waals surface area contributed by atoms with Crippen molar-refractivity contribution >= 4 is 21.7 Å². The van der Waals surface area contributed by atoms with Crippen LogP contribution in [0.5, 0.6) is 0 Å². The molecule has 0 saturated carbocycles. The second kappa shape index (κ2) is 6.04. The van der Waals surface area contributed by atoms with Crippen molar-refractivity contribution in [3.05, 3.63) is 17.0 Å². The molecule has 0 spiro atoms. The van der Waals surface area contributed by atoms with Gasteiger partial charge in [0.15, 0.2) is 0 Å². The first-order valence-corrected chi connectivity index (χ1v) is 6.72. The Bertz CT molecular complexity index is 427. The number of anilines is 1. The monoisotopic (exact) mass is 338 g/mol. The molecular weight excluding hydrogens is 325 g/mol. The van der Waals surface area contributed by atoms with Crippen LogP contribution in [0.3, 0.4) is 0 Å². The van der Waals surface area contributed by atoms with Gasteiger partial charge in [-0.1, -0.05) is 0 Å². The minimum Gasteiger partial charge on any atom is -0.369 e. The van der Waals surface area contributed by atoms with Crippen molar-refractivity contribution in [3.63, 3.8) is 0 Å². The number of halogens is 4. The second-order valence-electron chi connectivity index (χ2n) is 4.61. The quantitative estimate of drug-likeness (QED) is 0.915. The Balaban J connectivity index is 1.78. The minimum atomic E-state index is -4.11. The van der Waals surface area contributed by atoms with Gasteiger partial charge in [0.2, 0.25) is 0 Å². The van der Waals surface area contributed by atoms with Crippen LogP contribution < -0.4 is 5.32 Å². The lowest BCUT2D eigenvalue weighted by molar-refractivity contribution is -0.143. The number of nitrogens with zero attached hydrogens (tertiary/aromatic N) is 3. The zero-order valence-corrected chi connectivity index (χ0v) is 11.7. The van der Waals surface area contributed by atoms with E-state index in [0.29, 0.717) is 25.5 Å². The number of hydrogen-bond acceptors (Lipinski definition) is 4. The van der Waals surface area contributed by atoms with E-state index in [0.717, 1.165) is 10.9 Å². The second-order valence-corrected chi connectivity index (χ2v) is 5.46. The van der Waals surface area contributed by atoms with E-state index < -0.39 is 12.7 Å². The summed E-state index contributed by atoms with van der Waals surface area (Å²) in [5.41, 5.74) is 0. The number of nitrogens with one attached hydrogen (secondary N) is 1. The lowest BCUT2D eigenvalue weighted by atomic mass is 10.1. The van der Waals surface area contributed by atoms with Crippen molar-refractivity contribution in [1.82, 2.24) is 14.9 Å².